The van der Waals surface area contributed by atoms with Crippen molar-refractivity contribution < 1.29 is 9.18 Å². The van der Waals surface area contributed by atoms with Crippen LogP contribution in [0.2, 0.25) is 5.02 Å². The summed E-state index contributed by atoms with van der Waals surface area (Å²) in [4.78, 5) is 21.6. The average Bonchev–Trinajstić information content (AvgIpc) is 2.74. The number of hydrogen-bond donors (Lipinski definition) is 1. The molecule has 1 heterocycles. The highest BCUT2D eigenvalue weighted by Gasteiger charge is 2.13. The van der Waals surface area contributed by atoms with Gasteiger partial charge in [0.2, 0.25) is 5.91 Å². The largest absolute Gasteiger partial charge is 0.324 e. The van der Waals surface area contributed by atoms with Crippen molar-refractivity contribution in [3.05, 3.63) is 82.0 Å². The Morgan fingerprint density at radius 1 is 1.07 bits per heavy atom. The first-order valence-corrected chi connectivity index (χ1v) is 11.1. The number of thioether (sulfide) groups is 1. The van der Waals surface area contributed by atoms with E-state index in [9.17, 15) is 9.18 Å². The lowest BCUT2D eigenvalue weighted by Gasteiger charge is -2.10. The topological polar surface area (TPSA) is 54.9 Å². The van der Waals surface area contributed by atoms with Gasteiger partial charge < -0.3 is 5.32 Å². The first-order valence-electron chi connectivity index (χ1n) is 8.90. The van der Waals surface area contributed by atoms with Crippen LogP contribution in [0.1, 0.15) is 0 Å². The molecule has 0 saturated carbocycles. The number of carbonyl (C=O) groups is 1. The molecular weight excluding hydrogens is 489 g/mol. The highest BCUT2D eigenvalue weighted by atomic mass is 79.9. The Hall–Kier alpha value is -2.48. The summed E-state index contributed by atoms with van der Waals surface area (Å²) in [6.45, 7) is 0. The average molecular weight is 503 g/mol. The number of carbonyl (C=O) groups excluding carboxylic acids is 1. The van der Waals surface area contributed by atoms with Gasteiger partial charge in [0.15, 0.2) is 5.82 Å². The van der Waals surface area contributed by atoms with Crippen LogP contribution in [-0.4, -0.2) is 21.6 Å². The number of benzene rings is 3. The fourth-order valence-corrected chi connectivity index (χ4v) is 4.05. The van der Waals surface area contributed by atoms with Crippen LogP contribution < -0.4 is 5.32 Å². The van der Waals surface area contributed by atoms with Crippen LogP contribution in [0.5, 0.6) is 0 Å². The number of fused-ring (bicyclic) bond motifs is 1. The van der Waals surface area contributed by atoms with Crippen LogP contribution in [0.15, 0.2) is 76.2 Å². The molecule has 0 atom stereocenters. The summed E-state index contributed by atoms with van der Waals surface area (Å²) in [5.74, 6) is -0.0184. The van der Waals surface area contributed by atoms with Gasteiger partial charge >= 0.3 is 0 Å². The monoisotopic (exact) mass is 501 g/mol. The number of halogens is 3. The number of rotatable bonds is 5. The predicted octanol–water partition coefficient (Wildman–Crippen LogP) is 6.58. The molecule has 3 aromatic carbocycles. The summed E-state index contributed by atoms with van der Waals surface area (Å²) < 4.78 is 14.8. The summed E-state index contributed by atoms with van der Waals surface area (Å²) in [7, 11) is 0. The predicted molar refractivity (Wildman–Crippen MR) is 123 cm³/mol. The molecule has 150 valence electrons. The number of amides is 1. The van der Waals surface area contributed by atoms with E-state index in [1.54, 1.807) is 30.3 Å². The highest BCUT2D eigenvalue weighted by Crippen LogP contribution is 2.30. The van der Waals surface area contributed by atoms with Crippen LogP contribution in [-0.2, 0) is 4.79 Å². The van der Waals surface area contributed by atoms with Gasteiger partial charge in [-0.15, -0.1) is 0 Å². The van der Waals surface area contributed by atoms with Gasteiger partial charge in [0.05, 0.1) is 22.0 Å². The van der Waals surface area contributed by atoms with Gasteiger partial charge in [-0.2, -0.15) is 0 Å². The Bertz CT molecular complexity index is 1240. The molecule has 1 N–H and O–H groups in total. The van der Waals surface area contributed by atoms with Gasteiger partial charge in [0.25, 0.3) is 0 Å². The molecule has 0 saturated heterocycles. The van der Waals surface area contributed by atoms with Gasteiger partial charge in [-0.3, -0.25) is 4.79 Å². The normalized spacial score (nSPS) is 10.9. The van der Waals surface area contributed by atoms with E-state index in [0.29, 0.717) is 32.5 Å². The van der Waals surface area contributed by atoms with Crippen molar-refractivity contribution in [1.29, 1.82) is 0 Å². The third-order valence-corrected chi connectivity index (χ3v) is 6.06. The molecule has 4 aromatic rings. The van der Waals surface area contributed by atoms with Gasteiger partial charge in [-0.25, -0.2) is 14.4 Å². The van der Waals surface area contributed by atoms with Crippen molar-refractivity contribution in [1.82, 2.24) is 9.97 Å². The maximum absolute atomic E-state index is 13.9. The molecule has 0 spiro atoms. The molecule has 0 radical (unpaired) electrons. The maximum Gasteiger partial charge on any atom is 0.234 e. The maximum atomic E-state index is 13.9. The Morgan fingerprint density at radius 2 is 1.83 bits per heavy atom. The van der Waals surface area contributed by atoms with Crippen molar-refractivity contribution >= 4 is 61.8 Å². The number of hydrogen-bond acceptors (Lipinski definition) is 4. The van der Waals surface area contributed by atoms with Gasteiger partial charge in [0, 0.05) is 15.4 Å². The highest BCUT2D eigenvalue weighted by molar-refractivity contribution is 9.10. The summed E-state index contributed by atoms with van der Waals surface area (Å²) in [5.41, 5.74) is 1.98. The minimum atomic E-state index is -0.384. The fourth-order valence-electron chi connectivity index (χ4n) is 2.79. The molecule has 4 rings (SSSR count). The smallest absolute Gasteiger partial charge is 0.234 e. The fraction of sp³-hybridized carbons (Fsp3) is 0.0455. The van der Waals surface area contributed by atoms with Gasteiger partial charge in [-0.05, 0) is 42.5 Å². The van der Waals surface area contributed by atoms with E-state index in [4.69, 9.17) is 11.6 Å². The summed E-state index contributed by atoms with van der Waals surface area (Å²) >= 11 is 10.7. The van der Waals surface area contributed by atoms with Crippen LogP contribution in [0, 0.1) is 5.82 Å². The number of nitrogens with zero attached hydrogens (tertiary/aromatic N) is 2. The molecule has 0 fully saturated rings. The Kier molecular flexibility index (Phi) is 6.32. The van der Waals surface area contributed by atoms with Crippen LogP contribution in [0.25, 0.3) is 22.3 Å². The zero-order valence-electron chi connectivity index (χ0n) is 15.4. The van der Waals surface area contributed by atoms with Crippen molar-refractivity contribution in [2.45, 2.75) is 5.03 Å². The third-order valence-electron chi connectivity index (χ3n) is 4.21. The number of nitrogens with one attached hydrogen (secondary N) is 1. The van der Waals surface area contributed by atoms with Crippen LogP contribution >= 0.6 is 39.3 Å². The van der Waals surface area contributed by atoms with E-state index >= 15 is 0 Å². The number of anilines is 1. The minimum absolute atomic E-state index is 0.0909. The molecule has 0 aliphatic heterocycles. The van der Waals surface area contributed by atoms with Crippen LogP contribution in [0.4, 0.5) is 10.1 Å². The molecule has 0 aliphatic carbocycles. The zero-order valence-corrected chi connectivity index (χ0v) is 18.6. The molecular formula is C22H14BrClFN3OS. The van der Waals surface area contributed by atoms with Crippen molar-refractivity contribution in [3.63, 3.8) is 0 Å². The molecule has 4 nitrogen and oxygen atoms in total. The zero-order chi connectivity index (χ0) is 21.1. The minimum Gasteiger partial charge on any atom is -0.324 e. The Balaban J connectivity index is 1.63. The lowest BCUT2D eigenvalue weighted by atomic mass is 10.2. The second-order valence-corrected chi connectivity index (χ2v) is 8.62. The molecule has 0 aliphatic rings. The molecule has 1 aromatic heterocycles. The lowest BCUT2D eigenvalue weighted by molar-refractivity contribution is -0.113. The van der Waals surface area contributed by atoms with E-state index < -0.39 is 0 Å². The van der Waals surface area contributed by atoms with E-state index in [0.717, 1.165) is 10.0 Å². The lowest BCUT2D eigenvalue weighted by Crippen LogP contribution is -2.14. The van der Waals surface area contributed by atoms with Crippen molar-refractivity contribution in [2.24, 2.45) is 0 Å². The van der Waals surface area contributed by atoms with E-state index in [-0.39, 0.29) is 17.5 Å². The third kappa shape index (κ3) is 4.80. The van der Waals surface area contributed by atoms with Gasteiger partial charge in [-0.1, -0.05) is 63.6 Å². The van der Waals surface area contributed by atoms with Crippen LogP contribution in [0.3, 0.4) is 0 Å². The summed E-state index contributed by atoms with van der Waals surface area (Å²) in [5, 5.41) is 4.33. The van der Waals surface area contributed by atoms with E-state index in [2.05, 4.69) is 31.2 Å². The Labute approximate surface area is 190 Å². The van der Waals surface area contributed by atoms with Gasteiger partial charge in [0.1, 0.15) is 10.8 Å². The second-order valence-electron chi connectivity index (χ2n) is 6.34. The summed E-state index contributed by atoms with van der Waals surface area (Å²) in [6.07, 6.45) is 0. The second kappa shape index (κ2) is 9.12. The SMILES string of the molecule is O=C(CSc1nc(-c2ccc(Br)cc2)nc2ccc(F)cc12)Nc1ccccc1Cl. The van der Waals surface area contributed by atoms with E-state index in [1.807, 2.05) is 24.3 Å². The molecule has 0 bridgehead atoms. The number of para-hydroxylation sites is 1. The quantitative estimate of drug-likeness (QED) is 0.247. The first kappa shape index (κ1) is 20.8. The molecule has 8 heteroatoms. The molecule has 1 amide bonds. The Morgan fingerprint density at radius 3 is 2.60 bits per heavy atom. The van der Waals surface area contributed by atoms with E-state index in [1.165, 1.54) is 23.9 Å². The molecule has 30 heavy (non-hydrogen) atoms. The number of aromatic nitrogens is 2. The van der Waals surface area contributed by atoms with Crippen molar-refractivity contribution in [2.75, 3.05) is 11.1 Å². The first-order chi connectivity index (χ1) is 14.5. The van der Waals surface area contributed by atoms with Crippen molar-refractivity contribution in [3.8, 4) is 11.4 Å². The summed E-state index contributed by atoms with van der Waals surface area (Å²) in [6, 6.07) is 19.0. The molecule has 0 unspecified atom stereocenters. The standard InChI is InChI=1S/C22H14BrClFN3OS/c23-14-7-5-13(6-8-14)21-27-18-10-9-15(25)11-16(18)22(28-21)30-12-20(29)26-19-4-2-1-3-17(19)24/h1-11H,12H2,(H,26,29).